The molecule has 3 aromatic heterocycles. The quantitative estimate of drug-likeness (QED) is 0.00674. The number of imide groups is 1. The largest absolute Gasteiger partial charge is 0.481 e. The van der Waals surface area contributed by atoms with Crippen LogP contribution in [0.1, 0.15) is 107 Å². The number of rotatable bonds is 34. The van der Waals surface area contributed by atoms with Gasteiger partial charge in [-0.2, -0.15) is 21.8 Å². The molecule has 20 N–H and O–H groups in total. The highest BCUT2D eigenvalue weighted by Gasteiger charge is 2.39. The van der Waals surface area contributed by atoms with Crippen molar-refractivity contribution in [1.29, 1.82) is 0 Å². The van der Waals surface area contributed by atoms with E-state index in [4.69, 9.17) is 28.8 Å². The molecule has 0 radical (unpaired) electrons. The number of nitrogen functional groups attached to an aromatic ring is 1. The fraction of sp³-hybridized carbons (Fsp3) is 0.312. The number of nitrogens with one attached hydrogen (secondary N) is 10. The van der Waals surface area contributed by atoms with Crippen LogP contribution in [0.4, 0.5) is 33.5 Å². The Kier molecular flexibility index (Phi) is 28.4. The van der Waals surface area contributed by atoms with Crippen molar-refractivity contribution in [1.82, 2.24) is 56.5 Å². The smallest absolute Gasteiger partial charge is 0.339 e. The number of likely N-dealkylation sites (tertiary alicyclic amines) is 1. The summed E-state index contributed by atoms with van der Waals surface area (Å²) in [4.78, 5) is 201. The average molecular weight is 1640 g/mol. The molecule has 8 aromatic rings. The number of hydrogen-bond donors (Lipinski definition) is 17. The average Bonchev–Trinajstić information content (AvgIpc) is 1.60. The van der Waals surface area contributed by atoms with Gasteiger partial charge in [0.1, 0.15) is 23.8 Å². The number of aromatic nitrogens is 5. The second kappa shape index (κ2) is 38.8. The number of aromatic amines is 2. The van der Waals surface area contributed by atoms with Gasteiger partial charge in [0.25, 0.3) is 23.3 Å². The number of urea groups is 1. The summed E-state index contributed by atoms with van der Waals surface area (Å²) in [7, 11) is 0. The zero-order valence-electron chi connectivity index (χ0n) is 63.1. The number of carboxylic acid groups (broad SMARTS) is 4. The molecule has 3 aliphatic rings. The summed E-state index contributed by atoms with van der Waals surface area (Å²) in [5.74, 6) is -12.9. The molecule has 0 spiro atoms. The van der Waals surface area contributed by atoms with Crippen molar-refractivity contribution in [2.24, 2.45) is 33.4 Å². The second-order valence-electron chi connectivity index (χ2n) is 27.6. The van der Waals surface area contributed by atoms with E-state index in [0.717, 1.165) is 66.3 Å². The Morgan fingerprint density at radius 2 is 1.48 bits per heavy atom. The predicted molar refractivity (Wildman–Crippen MR) is 434 cm³/mol. The van der Waals surface area contributed by atoms with Gasteiger partial charge >= 0.3 is 29.9 Å². The lowest BCUT2D eigenvalue weighted by Gasteiger charge is -2.29. The maximum Gasteiger partial charge on any atom is 0.339 e. The molecule has 5 heterocycles. The summed E-state index contributed by atoms with van der Waals surface area (Å²) in [6, 6.07) is 21.9. The molecule has 2 unspecified atom stereocenters. The van der Waals surface area contributed by atoms with Gasteiger partial charge < -0.3 is 84.7 Å². The number of alkyl halides is 1. The zero-order chi connectivity index (χ0) is 84.5. The Balaban J connectivity index is 0.000000249. The van der Waals surface area contributed by atoms with E-state index in [1.54, 1.807) is 37.5 Å². The van der Waals surface area contributed by atoms with Crippen LogP contribution in [-0.2, 0) is 60.9 Å². The monoisotopic (exact) mass is 1640 g/mol. The molecule has 40 heteroatoms. The maximum absolute atomic E-state index is 14.0. The Bertz CT molecular complexity index is 5400. The Labute approximate surface area is 674 Å². The van der Waals surface area contributed by atoms with Crippen LogP contribution >= 0.6 is 23.4 Å². The van der Waals surface area contributed by atoms with E-state index < -0.39 is 115 Å². The number of nitrogens with zero attached hydrogens (tertiary/aromatic N) is 7. The first kappa shape index (κ1) is 85.6. The molecule has 1 fully saturated rings. The summed E-state index contributed by atoms with van der Waals surface area (Å²) in [6.45, 7) is 4.31. The molecule has 11 rings (SSSR count). The fourth-order valence-electron chi connectivity index (χ4n) is 13.4. The van der Waals surface area contributed by atoms with Crippen molar-refractivity contribution < 1.29 is 82.8 Å². The molecule has 5 aromatic carbocycles. The number of H-pyrrole nitrogens is 2. The Hall–Kier alpha value is -13.9. The zero-order valence-corrected chi connectivity index (χ0v) is 64.6. The van der Waals surface area contributed by atoms with Crippen LogP contribution in [0.3, 0.4) is 0 Å². The minimum atomic E-state index is -1.83. The lowest BCUT2D eigenvalue weighted by Crippen LogP contribution is -2.55. The highest BCUT2D eigenvalue weighted by Crippen LogP contribution is 2.44. The second-order valence-corrected chi connectivity index (χ2v) is 28.8. The Morgan fingerprint density at radius 1 is 0.769 bits per heavy atom. The third kappa shape index (κ3) is 22.1. The molecule has 0 bridgehead atoms. The molecular weight excluding hydrogens is 1560 g/mol. The third-order valence-corrected chi connectivity index (χ3v) is 20.2. The van der Waals surface area contributed by atoms with Crippen LogP contribution in [0, 0.1) is 18.8 Å². The van der Waals surface area contributed by atoms with Gasteiger partial charge in [0.15, 0.2) is 17.1 Å². The fourth-order valence-corrected chi connectivity index (χ4v) is 14.2. The van der Waals surface area contributed by atoms with Gasteiger partial charge in [0.2, 0.25) is 35.5 Å². The topological polar surface area (TPSA) is 596 Å². The van der Waals surface area contributed by atoms with Crippen LogP contribution in [0.25, 0.3) is 38.9 Å². The van der Waals surface area contributed by atoms with E-state index in [0.29, 0.717) is 52.9 Å². The number of thioether (sulfide) groups is 1. The van der Waals surface area contributed by atoms with Crippen molar-refractivity contribution in [3.63, 3.8) is 0 Å². The van der Waals surface area contributed by atoms with Crippen LogP contribution < -0.4 is 70.3 Å². The minimum absolute atomic E-state index is 0.0156. The number of aliphatic carboxylic acids is 4. The molecule has 1 saturated heterocycles. The van der Waals surface area contributed by atoms with Crippen molar-refractivity contribution >= 4 is 180 Å². The van der Waals surface area contributed by atoms with E-state index in [1.165, 1.54) is 36.7 Å². The van der Waals surface area contributed by atoms with E-state index >= 15 is 0 Å². The van der Waals surface area contributed by atoms with Gasteiger partial charge in [-0.25, -0.2) is 29.8 Å². The van der Waals surface area contributed by atoms with Gasteiger partial charge in [0.05, 0.1) is 43.7 Å². The normalized spacial score (nSPS) is 15.3. The predicted octanol–water partition coefficient (Wildman–Crippen LogP) is 4.08. The number of halogens is 1. The molecular formula is C77H83ClN20O18S. The third-order valence-electron chi connectivity index (χ3n) is 19.2. The van der Waals surface area contributed by atoms with Gasteiger partial charge in [0, 0.05) is 113 Å². The summed E-state index contributed by atoms with van der Waals surface area (Å²) in [5, 5.41) is 63.3. The first-order valence-corrected chi connectivity index (χ1v) is 38.4. The number of hydrazone groups is 1. The summed E-state index contributed by atoms with van der Waals surface area (Å²) in [6.07, 6.45) is 3.49. The highest BCUT2D eigenvalue weighted by molar-refractivity contribution is 7.98. The Morgan fingerprint density at radius 3 is 2.16 bits per heavy atom. The highest BCUT2D eigenvalue weighted by atomic mass is 35.5. The molecule has 117 heavy (non-hydrogen) atoms. The molecule has 1 aliphatic carbocycles. The lowest BCUT2D eigenvalue weighted by molar-refractivity contribution is -0.145. The van der Waals surface area contributed by atoms with Gasteiger partial charge in [-0.05, 0) is 138 Å². The molecule has 0 saturated carbocycles. The van der Waals surface area contributed by atoms with Crippen LogP contribution in [0.2, 0.25) is 0 Å². The SMILES string of the molecule is CSC[C@H](NC(=O)[C@H](CC(=O)O)[C@H](CCCN=C(N)N)NC(=O)[C@H](CC(=O)O)NC(=O)CC[C@H](NC(=O)c1ccc(NCc2cnc3nc(N)[nH]c(=O)c3n2)cc1)C(=O)O)C(=O)O.Cc1cc2c(c3ccccc13)C(CCl)CN2C(=O)c1cc2cc(NC(=O)C3=Cc4cc(NC(=O)N/N=C/CN5C(=O)CC(C)C5=O)ccc4C3)ccc2[nH]1. The van der Waals surface area contributed by atoms with Crippen LogP contribution in [0.5, 0.6) is 0 Å². The van der Waals surface area contributed by atoms with E-state index in [2.05, 4.69) is 103 Å². The van der Waals surface area contributed by atoms with E-state index in [1.807, 2.05) is 41.3 Å². The standard InChI is InChI=1S/C41H36ClN7O5.C36H47N13O13S/c1-22-13-35-37(32-6-4-3-5-31(22)32)28(20-42)21-49(35)40(53)34-19-26-18-29(9-10-33(26)46-34)44-38(51)27-15-24-7-8-30(17-25(24)16-27)45-41(54)47-43-11-12-48-36(50)14-23(2)39(48)52;1-63-15-23(34(61)62)47-30(56)19(11-25(51)52)20(3-2-10-40-35(37)38)45-31(57)22(12-26(53)54)44-24(50)9-8-21(33(59)60)46-29(55)16-4-6-17(7-5-16)41-13-18-14-42-28-27(43-18)32(58)49-36(39)48-28/h3-11,13,16-19,23,28,46H,12,14-15,20-21H2,1-2H3,(H,44,51)(H2,45,47,54);4-7,14,19-23,41H,2-3,8-13,15H2,1H3,(H,44,50)(H,45,57)(H,46,55)(H,47,56)(H,51,52)(H,53,54)(H,59,60)(H,61,62)(H4,37,38,40)(H3,39,42,48,49,58)/b43-11+;/t;19-,20+,21+,22+,23+/m.1/s1. The number of carboxylic acids is 4. The number of anilines is 5. The van der Waals surface area contributed by atoms with Crippen molar-refractivity contribution in [3.8, 4) is 0 Å². The first-order chi connectivity index (χ1) is 55.8. The van der Waals surface area contributed by atoms with E-state index in [9.17, 15) is 87.5 Å². The van der Waals surface area contributed by atoms with Gasteiger partial charge in [-0.15, -0.1) is 11.6 Å². The number of hydrogen-bond acceptors (Lipinski definition) is 22. The van der Waals surface area contributed by atoms with Crippen LogP contribution in [0.15, 0.2) is 124 Å². The number of carbonyl (C=O) groups is 13. The number of fused-ring (bicyclic) bond motifs is 6. The first-order valence-electron chi connectivity index (χ1n) is 36.5. The van der Waals surface area contributed by atoms with Crippen molar-refractivity contribution in [3.05, 3.63) is 158 Å². The number of aliphatic imine (C=N–C) groups is 1. The van der Waals surface area contributed by atoms with E-state index in [-0.39, 0.29) is 109 Å². The number of carbonyl (C=O) groups excluding carboxylic acids is 9. The molecule has 2 aliphatic heterocycles. The minimum Gasteiger partial charge on any atom is -0.481 e. The molecule has 10 amide bonds. The lowest BCUT2D eigenvalue weighted by atomic mass is 9.90. The van der Waals surface area contributed by atoms with Crippen molar-refractivity contribution in [2.45, 2.75) is 102 Å². The number of nitrogens with two attached hydrogens (primary N) is 3. The molecule has 38 nitrogen and oxygen atoms in total. The summed E-state index contributed by atoms with van der Waals surface area (Å²) >= 11 is 7.52. The van der Waals surface area contributed by atoms with Crippen LogP contribution in [-0.4, -0.2) is 201 Å². The molecule has 7 atom stereocenters. The summed E-state index contributed by atoms with van der Waals surface area (Å²) in [5.41, 5.74) is 26.7. The molecule has 612 valence electrons. The van der Waals surface area contributed by atoms with Gasteiger partial charge in [-0.3, -0.25) is 67.6 Å². The maximum atomic E-state index is 14.0. The van der Waals surface area contributed by atoms with Crippen molar-refractivity contribution in [2.75, 3.05) is 64.1 Å². The number of benzene rings is 5. The van der Waals surface area contributed by atoms with Gasteiger partial charge in [-0.1, -0.05) is 37.3 Å². The summed E-state index contributed by atoms with van der Waals surface area (Å²) < 4.78 is 0. The number of amides is 10. The number of aryl methyl sites for hydroxylation is 1. The number of guanidine groups is 1.